The smallest absolute Gasteiger partial charge is 0.303 e. The maximum Gasteiger partial charge on any atom is 0.303 e. The second-order valence-electron chi connectivity index (χ2n) is 6.43. The van der Waals surface area contributed by atoms with Crippen LogP contribution in [-0.2, 0) is 9.59 Å². The minimum absolute atomic E-state index is 0.308. The zero-order chi connectivity index (χ0) is 17.2. The number of hydrogen-bond donors (Lipinski definition) is 1. The largest absolute Gasteiger partial charge is 0.481 e. The fourth-order valence-electron chi connectivity index (χ4n) is 2.61. The predicted molar refractivity (Wildman–Crippen MR) is 96.7 cm³/mol. The molecule has 134 valence electrons. The maximum absolute atomic E-state index is 11.6. The Morgan fingerprint density at radius 3 is 1.96 bits per heavy atom. The minimum Gasteiger partial charge on any atom is -0.481 e. The molecule has 0 aliphatic heterocycles. The van der Waals surface area contributed by atoms with E-state index in [1.165, 1.54) is 44.9 Å². The minimum atomic E-state index is -0.684. The molecule has 0 amide bonds. The first-order valence-corrected chi connectivity index (χ1v) is 9.55. The fraction of sp³-hybridized carbons (Fsp3) is 0.800. The van der Waals surface area contributed by atoms with Crippen LogP contribution < -0.4 is 0 Å². The Bertz CT molecular complexity index is 321. The van der Waals surface area contributed by atoms with Gasteiger partial charge in [-0.05, 0) is 25.7 Å². The van der Waals surface area contributed by atoms with Gasteiger partial charge in [0.1, 0.15) is 5.78 Å². The lowest BCUT2D eigenvalue weighted by molar-refractivity contribution is -0.137. The van der Waals surface area contributed by atoms with Crippen molar-refractivity contribution in [3.8, 4) is 0 Å². The first-order valence-electron chi connectivity index (χ1n) is 9.55. The standard InChI is InChI=1S/C20H36O3/c1-2-3-4-13-16-19(21)17-14-11-9-7-5-6-8-10-12-15-18-20(22)23/h11,14H,2-10,12-13,15-18H2,1H3,(H,22,23)/b14-11+. The molecule has 1 N–H and O–H groups in total. The van der Waals surface area contributed by atoms with Crippen LogP contribution in [0.2, 0.25) is 0 Å². The molecular formula is C20H36O3. The molecule has 0 unspecified atom stereocenters. The Kier molecular flexibility index (Phi) is 16.4. The van der Waals surface area contributed by atoms with Gasteiger partial charge in [-0.3, -0.25) is 9.59 Å². The number of hydrogen-bond acceptors (Lipinski definition) is 2. The van der Waals surface area contributed by atoms with Crippen LogP contribution in [0.5, 0.6) is 0 Å². The summed E-state index contributed by atoms with van der Waals surface area (Å²) in [6.07, 6.45) is 19.5. The van der Waals surface area contributed by atoms with E-state index in [2.05, 4.69) is 13.0 Å². The number of Topliss-reactive ketones (excluding diaryl/α,β-unsaturated/α-hetero) is 1. The first-order chi connectivity index (χ1) is 11.2. The van der Waals surface area contributed by atoms with Crippen LogP contribution in [0.1, 0.15) is 103 Å². The highest BCUT2D eigenvalue weighted by Gasteiger charge is 1.98. The zero-order valence-corrected chi connectivity index (χ0v) is 15.0. The predicted octanol–water partition coefficient (Wildman–Crippen LogP) is 6.07. The number of carbonyl (C=O) groups is 2. The van der Waals surface area contributed by atoms with Crippen LogP contribution >= 0.6 is 0 Å². The van der Waals surface area contributed by atoms with Crippen molar-refractivity contribution in [2.45, 2.75) is 103 Å². The third-order valence-electron chi connectivity index (χ3n) is 4.08. The van der Waals surface area contributed by atoms with Gasteiger partial charge in [-0.2, -0.15) is 0 Å². The number of carboxylic acids is 1. The van der Waals surface area contributed by atoms with E-state index in [0.717, 1.165) is 38.5 Å². The molecule has 0 fully saturated rings. The zero-order valence-electron chi connectivity index (χ0n) is 15.0. The summed E-state index contributed by atoms with van der Waals surface area (Å²) in [6.45, 7) is 2.18. The van der Waals surface area contributed by atoms with Gasteiger partial charge in [0.05, 0.1) is 0 Å². The van der Waals surface area contributed by atoms with Crippen molar-refractivity contribution in [1.29, 1.82) is 0 Å². The highest BCUT2D eigenvalue weighted by Crippen LogP contribution is 2.10. The van der Waals surface area contributed by atoms with E-state index < -0.39 is 5.97 Å². The highest BCUT2D eigenvalue weighted by atomic mass is 16.4. The summed E-state index contributed by atoms with van der Waals surface area (Å²) in [5.74, 6) is -0.310. The SMILES string of the molecule is CCCCCCC(=O)C/C=C/CCCCCCCCCC(=O)O. The highest BCUT2D eigenvalue weighted by molar-refractivity contribution is 5.79. The average Bonchev–Trinajstić information content (AvgIpc) is 2.52. The van der Waals surface area contributed by atoms with Crippen LogP contribution in [-0.4, -0.2) is 16.9 Å². The van der Waals surface area contributed by atoms with Crippen molar-refractivity contribution in [1.82, 2.24) is 0 Å². The van der Waals surface area contributed by atoms with Crippen LogP contribution in [0.4, 0.5) is 0 Å². The molecule has 3 nitrogen and oxygen atoms in total. The fourth-order valence-corrected chi connectivity index (χ4v) is 2.61. The molecule has 0 aliphatic rings. The van der Waals surface area contributed by atoms with Crippen molar-refractivity contribution in [3.05, 3.63) is 12.2 Å². The van der Waals surface area contributed by atoms with E-state index in [0.29, 0.717) is 18.6 Å². The second-order valence-corrected chi connectivity index (χ2v) is 6.43. The van der Waals surface area contributed by atoms with Gasteiger partial charge in [-0.25, -0.2) is 0 Å². The van der Waals surface area contributed by atoms with Gasteiger partial charge >= 0.3 is 5.97 Å². The number of aliphatic carboxylic acids is 1. The third kappa shape index (κ3) is 18.8. The molecule has 0 radical (unpaired) electrons. The number of unbranched alkanes of at least 4 members (excludes halogenated alkanes) is 10. The van der Waals surface area contributed by atoms with Gasteiger partial charge in [0, 0.05) is 19.3 Å². The van der Waals surface area contributed by atoms with Crippen LogP contribution in [0.15, 0.2) is 12.2 Å². The molecule has 0 rings (SSSR count). The number of carbonyl (C=O) groups excluding carboxylic acids is 1. The lowest BCUT2D eigenvalue weighted by atomic mass is 10.1. The molecule has 0 saturated carbocycles. The van der Waals surface area contributed by atoms with Gasteiger partial charge in [0.15, 0.2) is 0 Å². The Labute approximate surface area is 142 Å². The van der Waals surface area contributed by atoms with Crippen molar-refractivity contribution in [2.75, 3.05) is 0 Å². The summed E-state index contributed by atoms with van der Waals surface area (Å²) in [5, 5.41) is 8.53. The normalized spacial score (nSPS) is 11.2. The number of allylic oxidation sites excluding steroid dienone is 2. The second kappa shape index (κ2) is 17.2. The van der Waals surface area contributed by atoms with Crippen molar-refractivity contribution in [3.63, 3.8) is 0 Å². The average molecular weight is 325 g/mol. The maximum atomic E-state index is 11.6. The van der Waals surface area contributed by atoms with E-state index in [4.69, 9.17) is 5.11 Å². The van der Waals surface area contributed by atoms with Crippen molar-refractivity contribution >= 4 is 11.8 Å². The lowest BCUT2D eigenvalue weighted by Gasteiger charge is -2.00. The Hall–Kier alpha value is -1.12. The van der Waals surface area contributed by atoms with Crippen LogP contribution in [0.3, 0.4) is 0 Å². The van der Waals surface area contributed by atoms with E-state index in [-0.39, 0.29) is 0 Å². The number of ketones is 1. The topological polar surface area (TPSA) is 54.4 Å². The summed E-state index contributed by atoms with van der Waals surface area (Å²) >= 11 is 0. The molecule has 0 spiro atoms. The Morgan fingerprint density at radius 1 is 0.739 bits per heavy atom. The van der Waals surface area contributed by atoms with E-state index >= 15 is 0 Å². The molecule has 0 aromatic carbocycles. The molecule has 0 aromatic heterocycles. The molecule has 0 atom stereocenters. The number of carboxylic acid groups (broad SMARTS) is 1. The molecule has 0 heterocycles. The van der Waals surface area contributed by atoms with Gasteiger partial charge in [0.25, 0.3) is 0 Å². The summed E-state index contributed by atoms with van der Waals surface area (Å²) < 4.78 is 0. The van der Waals surface area contributed by atoms with Gasteiger partial charge in [0.2, 0.25) is 0 Å². The summed E-state index contributed by atoms with van der Waals surface area (Å²) in [4.78, 5) is 22.0. The van der Waals surface area contributed by atoms with Crippen molar-refractivity contribution < 1.29 is 14.7 Å². The van der Waals surface area contributed by atoms with Crippen molar-refractivity contribution in [2.24, 2.45) is 0 Å². The Morgan fingerprint density at radius 2 is 1.30 bits per heavy atom. The summed E-state index contributed by atoms with van der Waals surface area (Å²) in [5.41, 5.74) is 0. The van der Waals surface area contributed by atoms with Gasteiger partial charge < -0.3 is 5.11 Å². The lowest BCUT2D eigenvalue weighted by Crippen LogP contribution is -1.95. The molecule has 0 saturated heterocycles. The summed E-state index contributed by atoms with van der Waals surface area (Å²) in [7, 11) is 0. The van der Waals surface area contributed by atoms with E-state index in [1.807, 2.05) is 6.08 Å². The first kappa shape index (κ1) is 21.9. The van der Waals surface area contributed by atoms with Gasteiger partial charge in [-0.15, -0.1) is 0 Å². The van der Waals surface area contributed by atoms with Crippen LogP contribution in [0.25, 0.3) is 0 Å². The van der Waals surface area contributed by atoms with E-state index in [9.17, 15) is 9.59 Å². The molecule has 0 aromatic rings. The Balaban J connectivity index is 3.24. The summed E-state index contributed by atoms with van der Waals surface area (Å²) in [6, 6.07) is 0. The monoisotopic (exact) mass is 324 g/mol. The quantitative estimate of drug-likeness (QED) is 0.261. The third-order valence-corrected chi connectivity index (χ3v) is 4.08. The molecule has 3 heteroatoms. The molecule has 23 heavy (non-hydrogen) atoms. The van der Waals surface area contributed by atoms with Gasteiger partial charge in [-0.1, -0.05) is 70.4 Å². The number of rotatable bonds is 17. The van der Waals surface area contributed by atoms with Crippen LogP contribution in [0, 0.1) is 0 Å². The molecular weight excluding hydrogens is 288 g/mol. The molecule has 0 aliphatic carbocycles. The van der Waals surface area contributed by atoms with E-state index in [1.54, 1.807) is 0 Å². The molecule has 0 bridgehead atoms.